The van der Waals surface area contributed by atoms with E-state index in [4.69, 9.17) is 29.6 Å². The van der Waals surface area contributed by atoms with Gasteiger partial charge in [0.05, 0.1) is 11.6 Å². The van der Waals surface area contributed by atoms with Crippen LogP contribution in [0.1, 0.15) is 18.3 Å². The predicted octanol–water partition coefficient (Wildman–Crippen LogP) is 2.49. The Balaban J connectivity index is 2.00. The van der Waals surface area contributed by atoms with Crippen molar-refractivity contribution < 1.29 is 4.79 Å². The van der Waals surface area contributed by atoms with Crippen LogP contribution >= 0.6 is 23.2 Å². The first-order chi connectivity index (χ1) is 10.6. The Kier molecular flexibility index (Phi) is 4.06. The molecule has 1 atom stereocenters. The molecule has 7 heteroatoms. The van der Waals surface area contributed by atoms with Gasteiger partial charge in [-0.1, -0.05) is 29.1 Å². The summed E-state index contributed by atoms with van der Waals surface area (Å²) < 4.78 is 1.82. The fourth-order valence-electron chi connectivity index (χ4n) is 2.58. The fourth-order valence-corrected chi connectivity index (χ4v) is 3.07. The molecule has 1 aliphatic rings. The van der Waals surface area contributed by atoms with E-state index in [0.717, 1.165) is 5.82 Å². The molecule has 0 fully saturated rings. The summed E-state index contributed by atoms with van der Waals surface area (Å²) in [5.74, 6) is 3.59. The Morgan fingerprint density at radius 2 is 2.27 bits per heavy atom. The van der Waals surface area contributed by atoms with Crippen LogP contribution in [0.5, 0.6) is 0 Å². The van der Waals surface area contributed by atoms with Crippen molar-refractivity contribution in [1.82, 2.24) is 20.1 Å². The van der Waals surface area contributed by atoms with E-state index in [2.05, 4.69) is 21.4 Å². The summed E-state index contributed by atoms with van der Waals surface area (Å²) in [5, 5.41) is 12.0. The van der Waals surface area contributed by atoms with E-state index in [1.807, 2.05) is 4.57 Å². The molecule has 1 unspecified atom stereocenters. The summed E-state index contributed by atoms with van der Waals surface area (Å²) in [6.45, 7) is 0.198. The molecule has 1 aliphatic heterocycles. The number of amides is 1. The second-order valence-corrected chi connectivity index (χ2v) is 5.75. The van der Waals surface area contributed by atoms with Gasteiger partial charge in [-0.25, -0.2) is 0 Å². The minimum Gasteiger partial charge on any atom is -0.343 e. The molecule has 0 radical (unpaired) electrons. The second-order valence-electron chi connectivity index (χ2n) is 4.91. The molecule has 0 saturated carbocycles. The Labute approximate surface area is 137 Å². The highest BCUT2D eigenvalue weighted by atomic mass is 35.5. The third-order valence-electron chi connectivity index (χ3n) is 3.56. The minimum atomic E-state index is -0.375. The zero-order valence-electron chi connectivity index (χ0n) is 11.5. The van der Waals surface area contributed by atoms with Crippen molar-refractivity contribution in [1.29, 1.82) is 0 Å². The normalized spacial score (nSPS) is 16.1. The van der Waals surface area contributed by atoms with Crippen LogP contribution in [-0.4, -0.2) is 27.2 Å². The van der Waals surface area contributed by atoms with Crippen molar-refractivity contribution >= 4 is 29.1 Å². The third kappa shape index (κ3) is 2.56. The monoisotopic (exact) mass is 334 g/mol. The largest absolute Gasteiger partial charge is 0.343 e. The Morgan fingerprint density at radius 1 is 1.45 bits per heavy atom. The molecule has 2 heterocycles. The SMILES string of the molecule is C#CCNC(=O)C1CCc2nnc(-c3ccc(Cl)cc3Cl)n21. The number of nitrogens with zero attached hydrogens (tertiary/aromatic N) is 3. The number of nitrogens with one attached hydrogen (secondary N) is 1. The van der Waals surface area contributed by atoms with Gasteiger partial charge in [-0.15, -0.1) is 16.6 Å². The zero-order valence-corrected chi connectivity index (χ0v) is 13.0. The number of hydrogen-bond acceptors (Lipinski definition) is 3. The van der Waals surface area contributed by atoms with E-state index >= 15 is 0 Å². The molecule has 1 amide bonds. The van der Waals surface area contributed by atoms with E-state index < -0.39 is 0 Å². The zero-order chi connectivity index (χ0) is 15.7. The van der Waals surface area contributed by atoms with Crippen molar-refractivity contribution in [3.8, 4) is 23.7 Å². The summed E-state index contributed by atoms with van der Waals surface area (Å²) in [4.78, 5) is 12.3. The first-order valence-electron chi connectivity index (χ1n) is 6.72. The number of aromatic nitrogens is 3. The average Bonchev–Trinajstić information content (AvgIpc) is 3.07. The van der Waals surface area contributed by atoms with Crippen molar-refractivity contribution in [3.63, 3.8) is 0 Å². The highest BCUT2D eigenvalue weighted by Gasteiger charge is 2.32. The summed E-state index contributed by atoms with van der Waals surface area (Å²) in [6.07, 6.45) is 6.53. The lowest BCUT2D eigenvalue weighted by molar-refractivity contribution is -0.123. The summed E-state index contributed by atoms with van der Waals surface area (Å²) in [7, 11) is 0. The first kappa shape index (κ1) is 14.9. The molecule has 5 nitrogen and oxygen atoms in total. The van der Waals surface area contributed by atoms with E-state index in [9.17, 15) is 4.79 Å². The van der Waals surface area contributed by atoms with Crippen molar-refractivity contribution in [2.75, 3.05) is 6.54 Å². The Bertz CT molecular complexity index is 778. The standard InChI is InChI=1S/C15H12Cl2N4O/c1-2-7-18-15(22)12-5-6-13-19-20-14(21(12)13)10-4-3-9(16)8-11(10)17/h1,3-4,8,12H,5-7H2,(H,18,22). The van der Waals surface area contributed by atoms with Gasteiger partial charge in [-0.2, -0.15) is 0 Å². The quantitative estimate of drug-likeness (QED) is 0.877. The van der Waals surface area contributed by atoms with Crippen LogP contribution in [0.2, 0.25) is 10.0 Å². The highest BCUT2D eigenvalue weighted by molar-refractivity contribution is 6.36. The van der Waals surface area contributed by atoms with Crippen molar-refractivity contribution in [2.45, 2.75) is 18.9 Å². The van der Waals surface area contributed by atoms with Crippen molar-refractivity contribution in [3.05, 3.63) is 34.1 Å². The topological polar surface area (TPSA) is 59.8 Å². The van der Waals surface area contributed by atoms with Crippen LogP contribution in [0.4, 0.5) is 0 Å². The molecule has 3 rings (SSSR count). The molecule has 22 heavy (non-hydrogen) atoms. The number of aryl methyl sites for hydroxylation is 1. The van der Waals surface area contributed by atoms with Crippen LogP contribution in [-0.2, 0) is 11.2 Å². The first-order valence-corrected chi connectivity index (χ1v) is 7.47. The fraction of sp³-hybridized carbons (Fsp3) is 0.267. The van der Waals surface area contributed by atoms with Gasteiger partial charge in [-0.05, 0) is 24.6 Å². The number of benzene rings is 1. The molecular formula is C15H12Cl2N4O. The molecule has 0 aliphatic carbocycles. The van der Waals surface area contributed by atoms with Gasteiger partial charge in [0.2, 0.25) is 5.91 Å². The Morgan fingerprint density at radius 3 is 3.00 bits per heavy atom. The van der Waals surface area contributed by atoms with Crippen LogP contribution in [0.15, 0.2) is 18.2 Å². The molecular weight excluding hydrogens is 323 g/mol. The van der Waals surface area contributed by atoms with Gasteiger partial charge < -0.3 is 5.32 Å². The van der Waals surface area contributed by atoms with E-state index in [-0.39, 0.29) is 18.5 Å². The smallest absolute Gasteiger partial charge is 0.243 e. The molecule has 0 bridgehead atoms. The van der Waals surface area contributed by atoms with Gasteiger partial charge in [-0.3, -0.25) is 9.36 Å². The van der Waals surface area contributed by atoms with Crippen LogP contribution < -0.4 is 5.32 Å². The number of fused-ring (bicyclic) bond motifs is 1. The predicted molar refractivity (Wildman–Crippen MR) is 84.7 cm³/mol. The van der Waals surface area contributed by atoms with E-state index in [0.29, 0.717) is 34.3 Å². The molecule has 1 aromatic heterocycles. The average molecular weight is 335 g/mol. The van der Waals surface area contributed by atoms with Gasteiger partial charge in [0.1, 0.15) is 11.9 Å². The molecule has 1 N–H and O–H groups in total. The minimum absolute atomic E-state index is 0.136. The van der Waals surface area contributed by atoms with Gasteiger partial charge >= 0.3 is 0 Å². The molecule has 0 spiro atoms. The number of halogens is 2. The van der Waals surface area contributed by atoms with Crippen LogP contribution in [0.25, 0.3) is 11.4 Å². The third-order valence-corrected chi connectivity index (χ3v) is 4.11. The lowest BCUT2D eigenvalue weighted by Crippen LogP contribution is -2.31. The number of hydrogen-bond donors (Lipinski definition) is 1. The summed E-state index contributed by atoms with van der Waals surface area (Å²) in [5.41, 5.74) is 0.696. The maximum atomic E-state index is 12.3. The van der Waals surface area contributed by atoms with Crippen LogP contribution in [0, 0.1) is 12.3 Å². The number of terminal acetylenes is 1. The number of carbonyl (C=O) groups excluding carboxylic acids is 1. The van der Waals surface area contributed by atoms with Crippen LogP contribution in [0.3, 0.4) is 0 Å². The number of rotatable bonds is 3. The maximum absolute atomic E-state index is 12.3. The van der Waals surface area contributed by atoms with E-state index in [1.54, 1.807) is 18.2 Å². The second kappa shape index (κ2) is 5.99. The lowest BCUT2D eigenvalue weighted by Gasteiger charge is -2.15. The Hall–Kier alpha value is -2.03. The van der Waals surface area contributed by atoms with Crippen molar-refractivity contribution in [2.24, 2.45) is 0 Å². The molecule has 0 saturated heterocycles. The lowest BCUT2D eigenvalue weighted by atomic mass is 10.1. The molecule has 1 aromatic carbocycles. The van der Waals surface area contributed by atoms with Gasteiger partial charge in [0.25, 0.3) is 0 Å². The highest BCUT2D eigenvalue weighted by Crippen LogP contribution is 2.35. The maximum Gasteiger partial charge on any atom is 0.243 e. The van der Waals surface area contributed by atoms with E-state index in [1.165, 1.54) is 0 Å². The van der Waals surface area contributed by atoms with Gasteiger partial charge in [0, 0.05) is 17.0 Å². The van der Waals surface area contributed by atoms with Gasteiger partial charge in [0.15, 0.2) is 5.82 Å². The molecule has 112 valence electrons. The summed E-state index contributed by atoms with van der Waals surface area (Å²) in [6, 6.07) is 4.77. The summed E-state index contributed by atoms with van der Waals surface area (Å²) >= 11 is 12.2. The number of carbonyl (C=O) groups is 1. The molecule has 2 aromatic rings.